The van der Waals surface area contributed by atoms with Crippen LogP contribution in [0.2, 0.25) is 0 Å². The number of carboxylic acids is 1. The normalized spacial score (nSPS) is 13.6. The Labute approximate surface area is 85.9 Å². The summed E-state index contributed by atoms with van der Waals surface area (Å²) in [7, 11) is 1.65. The monoisotopic (exact) mass is 203 g/mol. The molecule has 4 heteroatoms. The summed E-state index contributed by atoms with van der Waals surface area (Å²) in [6.07, 6.45) is 0. The molecule has 0 spiro atoms. The molecule has 0 aliphatic heterocycles. The van der Waals surface area contributed by atoms with Crippen LogP contribution in [0.4, 0.5) is 0 Å². The smallest absolute Gasteiger partial charge is 0.307 e. The Morgan fingerprint density at radius 1 is 1.43 bits per heavy atom. The molecule has 1 atom stereocenters. The second-order valence-corrected chi connectivity index (χ2v) is 3.82. The second-order valence-electron chi connectivity index (χ2n) is 3.82. The molecule has 1 unspecified atom stereocenters. The van der Waals surface area contributed by atoms with Crippen LogP contribution >= 0.6 is 0 Å². The summed E-state index contributed by atoms with van der Waals surface area (Å²) >= 11 is 0. The molecule has 0 fully saturated rings. The van der Waals surface area contributed by atoms with E-state index in [1.807, 2.05) is 0 Å². The van der Waals surface area contributed by atoms with Crippen molar-refractivity contribution >= 4 is 5.97 Å². The number of rotatable bonds is 7. The number of carboxylic acid groups (broad SMARTS) is 1. The van der Waals surface area contributed by atoms with Gasteiger partial charge in [-0.3, -0.25) is 9.69 Å². The topological polar surface area (TPSA) is 49.8 Å². The van der Waals surface area contributed by atoms with Crippen molar-refractivity contribution in [2.45, 2.75) is 26.8 Å². The minimum atomic E-state index is -0.743. The first-order chi connectivity index (χ1) is 6.49. The summed E-state index contributed by atoms with van der Waals surface area (Å²) in [5.74, 6) is -1.07. The fourth-order valence-electron chi connectivity index (χ4n) is 1.20. The largest absolute Gasteiger partial charge is 0.481 e. The van der Waals surface area contributed by atoms with Crippen LogP contribution in [0.25, 0.3) is 0 Å². The molecule has 0 aliphatic carbocycles. The molecule has 0 saturated heterocycles. The molecule has 0 rings (SSSR count). The third-order valence-corrected chi connectivity index (χ3v) is 2.24. The molecule has 1 N–H and O–H groups in total. The zero-order chi connectivity index (χ0) is 11.1. The SMILES string of the molecule is COCCN(CC(C)C(=O)O)C(C)C. The first-order valence-electron chi connectivity index (χ1n) is 4.94. The highest BCUT2D eigenvalue weighted by Crippen LogP contribution is 2.04. The summed E-state index contributed by atoms with van der Waals surface area (Å²) in [5.41, 5.74) is 0. The van der Waals surface area contributed by atoms with Gasteiger partial charge in [-0.1, -0.05) is 6.92 Å². The van der Waals surface area contributed by atoms with Gasteiger partial charge in [0.1, 0.15) is 0 Å². The Bertz CT molecular complexity index is 171. The molecule has 0 aromatic carbocycles. The molecule has 0 heterocycles. The fraction of sp³-hybridized carbons (Fsp3) is 0.900. The Morgan fingerprint density at radius 3 is 2.36 bits per heavy atom. The van der Waals surface area contributed by atoms with Crippen LogP contribution in [0.5, 0.6) is 0 Å². The Hall–Kier alpha value is -0.610. The van der Waals surface area contributed by atoms with Gasteiger partial charge < -0.3 is 9.84 Å². The van der Waals surface area contributed by atoms with E-state index in [1.54, 1.807) is 14.0 Å². The molecule has 14 heavy (non-hydrogen) atoms. The second kappa shape index (κ2) is 6.79. The van der Waals surface area contributed by atoms with Crippen molar-refractivity contribution in [3.63, 3.8) is 0 Å². The van der Waals surface area contributed by atoms with Crippen LogP contribution in [0.3, 0.4) is 0 Å². The lowest BCUT2D eigenvalue weighted by Gasteiger charge is -2.27. The fourth-order valence-corrected chi connectivity index (χ4v) is 1.20. The van der Waals surface area contributed by atoms with Crippen molar-refractivity contribution in [3.8, 4) is 0 Å². The lowest BCUT2D eigenvalue weighted by atomic mass is 10.1. The molecular formula is C10H21NO3. The molecular weight excluding hydrogens is 182 g/mol. The van der Waals surface area contributed by atoms with Gasteiger partial charge in [0.25, 0.3) is 0 Å². The zero-order valence-corrected chi connectivity index (χ0v) is 9.49. The summed E-state index contributed by atoms with van der Waals surface area (Å²) in [5, 5.41) is 8.78. The highest BCUT2D eigenvalue weighted by atomic mass is 16.5. The molecule has 0 aromatic rings. The molecule has 0 aliphatic rings. The maximum Gasteiger partial charge on any atom is 0.307 e. The van der Waals surface area contributed by atoms with Gasteiger partial charge in [-0.15, -0.1) is 0 Å². The van der Waals surface area contributed by atoms with Gasteiger partial charge in [0.05, 0.1) is 12.5 Å². The summed E-state index contributed by atoms with van der Waals surface area (Å²) in [4.78, 5) is 12.8. The van der Waals surface area contributed by atoms with Crippen LogP contribution in [-0.4, -0.2) is 48.8 Å². The van der Waals surface area contributed by atoms with Crippen molar-refractivity contribution in [3.05, 3.63) is 0 Å². The maximum atomic E-state index is 10.7. The number of nitrogens with zero attached hydrogens (tertiary/aromatic N) is 1. The quantitative estimate of drug-likeness (QED) is 0.672. The summed E-state index contributed by atoms with van der Waals surface area (Å²) in [6.45, 7) is 7.85. The van der Waals surface area contributed by atoms with E-state index in [0.29, 0.717) is 19.2 Å². The number of hydrogen-bond acceptors (Lipinski definition) is 3. The van der Waals surface area contributed by atoms with E-state index in [4.69, 9.17) is 9.84 Å². The van der Waals surface area contributed by atoms with E-state index in [0.717, 1.165) is 6.54 Å². The van der Waals surface area contributed by atoms with Crippen LogP contribution in [0, 0.1) is 5.92 Å². The summed E-state index contributed by atoms with van der Waals surface area (Å²) < 4.78 is 4.98. The van der Waals surface area contributed by atoms with Gasteiger partial charge in [-0.05, 0) is 13.8 Å². The Balaban J connectivity index is 4.02. The molecule has 84 valence electrons. The first kappa shape index (κ1) is 13.4. The van der Waals surface area contributed by atoms with Gasteiger partial charge >= 0.3 is 5.97 Å². The number of carbonyl (C=O) groups is 1. The predicted octanol–water partition coefficient (Wildman–Crippen LogP) is 1.06. The van der Waals surface area contributed by atoms with Gasteiger partial charge in [-0.25, -0.2) is 0 Å². The van der Waals surface area contributed by atoms with Crippen LogP contribution in [0.15, 0.2) is 0 Å². The van der Waals surface area contributed by atoms with Crippen molar-refractivity contribution in [1.29, 1.82) is 0 Å². The third kappa shape index (κ3) is 5.19. The summed E-state index contributed by atoms with van der Waals surface area (Å²) in [6, 6.07) is 0.354. The molecule has 0 amide bonds. The highest BCUT2D eigenvalue weighted by molar-refractivity contribution is 5.69. The Kier molecular flexibility index (Phi) is 6.49. The highest BCUT2D eigenvalue weighted by Gasteiger charge is 2.17. The number of ether oxygens (including phenoxy) is 1. The van der Waals surface area contributed by atoms with Crippen LogP contribution in [-0.2, 0) is 9.53 Å². The van der Waals surface area contributed by atoms with Gasteiger partial charge in [-0.2, -0.15) is 0 Å². The van der Waals surface area contributed by atoms with E-state index in [9.17, 15) is 4.79 Å². The molecule has 0 bridgehead atoms. The van der Waals surface area contributed by atoms with Crippen molar-refractivity contribution < 1.29 is 14.6 Å². The average Bonchev–Trinajstić information content (AvgIpc) is 2.10. The standard InChI is InChI=1S/C10H21NO3/c1-8(2)11(5-6-14-4)7-9(3)10(12)13/h8-9H,5-7H2,1-4H3,(H,12,13). The van der Waals surface area contributed by atoms with Crippen LogP contribution < -0.4 is 0 Å². The van der Waals surface area contributed by atoms with Crippen molar-refractivity contribution in [2.75, 3.05) is 26.8 Å². The number of methoxy groups -OCH3 is 1. The first-order valence-corrected chi connectivity index (χ1v) is 4.94. The van der Waals surface area contributed by atoms with Crippen LogP contribution in [0.1, 0.15) is 20.8 Å². The minimum Gasteiger partial charge on any atom is -0.481 e. The van der Waals surface area contributed by atoms with E-state index < -0.39 is 5.97 Å². The Morgan fingerprint density at radius 2 is 2.00 bits per heavy atom. The molecule has 0 radical (unpaired) electrons. The molecule has 0 aromatic heterocycles. The van der Waals surface area contributed by atoms with Gasteiger partial charge in [0, 0.05) is 26.2 Å². The van der Waals surface area contributed by atoms with E-state index >= 15 is 0 Å². The number of aliphatic carboxylic acids is 1. The zero-order valence-electron chi connectivity index (χ0n) is 9.49. The van der Waals surface area contributed by atoms with Gasteiger partial charge in [0.2, 0.25) is 0 Å². The lowest BCUT2D eigenvalue weighted by Crippen LogP contribution is -2.39. The maximum absolute atomic E-state index is 10.7. The van der Waals surface area contributed by atoms with Crippen molar-refractivity contribution in [1.82, 2.24) is 4.90 Å². The lowest BCUT2D eigenvalue weighted by molar-refractivity contribution is -0.141. The third-order valence-electron chi connectivity index (χ3n) is 2.24. The minimum absolute atomic E-state index is 0.325. The van der Waals surface area contributed by atoms with E-state index in [1.165, 1.54) is 0 Å². The molecule has 0 saturated carbocycles. The van der Waals surface area contributed by atoms with E-state index in [2.05, 4.69) is 18.7 Å². The van der Waals surface area contributed by atoms with Crippen molar-refractivity contribution in [2.24, 2.45) is 5.92 Å². The van der Waals surface area contributed by atoms with Gasteiger partial charge in [0.15, 0.2) is 0 Å². The molecule has 4 nitrogen and oxygen atoms in total. The predicted molar refractivity (Wildman–Crippen MR) is 55.4 cm³/mol. The average molecular weight is 203 g/mol. The van der Waals surface area contributed by atoms with E-state index in [-0.39, 0.29) is 5.92 Å². The number of hydrogen-bond donors (Lipinski definition) is 1.